The van der Waals surface area contributed by atoms with Gasteiger partial charge >= 0.3 is 6.03 Å². The van der Waals surface area contributed by atoms with Gasteiger partial charge in [0.25, 0.3) is 0 Å². The fourth-order valence-corrected chi connectivity index (χ4v) is 3.45. The molecule has 0 spiro atoms. The molecule has 1 aliphatic heterocycles. The maximum Gasteiger partial charge on any atom is 0.322 e. The number of pyridine rings is 1. The highest BCUT2D eigenvalue weighted by Crippen LogP contribution is 2.24. The number of likely N-dealkylation sites (tertiary alicyclic amines) is 1. The normalized spacial score (nSPS) is 17.4. The van der Waals surface area contributed by atoms with Gasteiger partial charge < -0.3 is 10.2 Å². The van der Waals surface area contributed by atoms with Crippen LogP contribution in [0.3, 0.4) is 0 Å². The van der Waals surface area contributed by atoms with Crippen molar-refractivity contribution in [1.29, 1.82) is 0 Å². The first kappa shape index (κ1) is 15.6. The fourth-order valence-electron chi connectivity index (χ4n) is 3.45. The van der Waals surface area contributed by atoms with E-state index >= 15 is 0 Å². The molecule has 0 saturated carbocycles. The molecule has 130 valence electrons. The van der Waals surface area contributed by atoms with Crippen molar-refractivity contribution in [2.75, 3.05) is 18.4 Å². The van der Waals surface area contributed by atoms with Gasteiger partial charge in [0.1, 0.15) is 5.82 Å². The number of carbonyl (C=O) groups is 1. The largest absolute Gasteiger partial charge is 0.322 e. The molecule has 4 heterocycles. The molecule has 8 nitrogen and oxygen atoms in total. The van der Waals surface area contributed by atoms with E-state index in [9.17, 15) is 4.79 Å². The third-order valence-electron chi connectivity index (χ3n) is 4.55. The molecule has 0 bridgehead atoms. The number of rotatable bonds is 2. The van der Waals surface area contributed by atoms with E-state index in [1.54, 1.807) is 4.52 Å². The van der Waals surface area contributed by atoms with Crippen LogP contribution in [0.5, 0.6) is 0 Å². The van der Waals surface area contributed by atoms with Gasteiger partial charge in [0.15, 0.2) is 5.65 Å². The minimum Gasteiger partial charge on any atom is -0.322 e. The predicted molar refractivity (Wildman–Crippen MR) is 93.7 cm³/mol. The van der Waals surface area contributed by atoms with E-state index in [1.165, 1.54) is 0 Å². The third-order valence-corrected chi connectivity index (χ3v) is 4.55. The summed E-state index contributed by atoms with van der Waals surface area (Å²) in [5, 5.41) is 11.8. The quantitative estimate of drug-likeness (QED) is 0.777. The van der Waals surface area contributed by atoms with Gasteiger partial charge in [-0.15, -0.1) is 0 Å². The smallest absolute Gasteiger partial charge is 0.322 e. The topological polar surface area (TPSA) is 80.4 Å². The van der Waals surface area contributed by atoms with E-state index in [1.807, 2.05) is 41.8 Å². The Labute approximate surface area is 145 Å². The number of carbonyl (C=O) groups excluding carboxylic acids is 1. The summed E-state index contributed by atoms with van der Waals surface area (Å²) in [4.78, 5) is 18.9. The number of urea groups is 1. The Kier molecular flexibility index (Phi) is 3.67. The van der Waals surface area contributed by atoms with Gasteiger partial charge in [0, 0.05) is 25.0 Å². The van der Waals surface area contributed by atoms with Gasteiger partial charge in [-0.1, -0.05) is 0 Å². The molecule has 1 fully saturated rings. The standard InChI is InChI=1S/C17H21N7O/c1-11-9-12(2)24(20-11)14-6-8-22(10-14)17(25)19-15-5-4-7-23-16(15)18-13(3)21-23/h4-5,7,9,14H,6,8,10H2,1-3H3,(H,19,25). The maximum absolute atomic E-state index is 12.7. The SMILES string of the molecule is Cc1cc(C)n(C2CCN(C(=O)Nc3cccn4nc(C)nc34)C2)n1. The predicted octanol–water partition coefficient (Wildman–Crippen LogP) is 2.33. The van der Waals surface area contributed by atoms with Crippen molar-refractivity contribution in [3.63, 3.8) is 0 Å². The second kappa shape index (κ2) is 5.87. The molecule has 8 heteroatoms. The van der Waals surface area contributed by atoms with E-state index in [0.29, 0.717) is 30.2 Å². The van der Waals surface area contributed by atoms with Crippen LogP contribution >= 0.6 is 0 Å². The zero-order chi connectivity index (χ0) is 17.6. The van der Waals surface area contributed by atoms with Gasteiger partial charge in [-0.3, -0.25) is 4.68 Å². The van der Waals surface area contributed by atoms with Crippen LogP contribution in [0.25, 0.3) is 5.65 Å². The minimum absolute atomic E-state index is 0.113. The fraction of sp³-hybridized carbons (Fsp3) is 0.412. The van der Waals surface area contributed by atoms with Crippen molar-refractivity contribution in [2.45, 2.75) is 33.2 Å². The molecule has 3 aromatic rings. The number of aromatic nitrogens is 5. The van der Waals surface area contributed by atoms with E-state index in [4.69, 9.17) is 0 Å². The van der Waals surface area contributed by atoms with Crippen LogP contribution in [-0.4, -0.2) is 48.4 Å². The number of fused-ring (bicyclic) bond motifs is 1. The van der Waals surface area contributed by atoms with Crippen molar-refractivity contribution < 1.29 is 4.79 Å². The molecule has 25 heavy (non-hydrogen) atoms. The monoisotopic (exact) mass is 339 g/mol. The molecule has 0 aromatic carbocycles. The molecule has 2 amide bonds. The van der Waals surface area contributed by atoms with Crippen molar-refractivity contribution in [3.8, 4) is 0 Å². The molecular formula is C17H21N7O. The molecule has 0 radical (unpaired) electrons. The summed E-state index contributed by atoms with van der Waals surface area (Å²) in [6, 6.07) is 5.87. The van der Waals surface area contributed by atoms with Gasteiger partial charge in [-0.2, -0.15) is 10.2 Å². The summed E-state index contributed by atoms with van der Waals surface area (Å²) in [5.74, 6) is 0.674. The summed E-state index contributed by atoms with van der Waals surface area (Å²) in [6.07, 6.45) is 2.73. The molecule has 1 atom stereocenters. The number of hydrogen-bond donors (Lipinski definition) is 1. The molecular weight excluding hydrogens is 318 g/mol. The molecule has 1 aliphatic rings. The number of hydrogen-bond acceptors (Lipinski definition) is 4. The third kappa shape index (κ3) is 2.84. The summed E-state index contributed by atoms with van der Waals surface area (Å²) < 4.78 is 3.71. The second-order valence-electron chi connectivity index (χ2n) is 6.54. The lowest BCUT2D eigenvalue weighted by atomic mass is 10.2. The average Bonchev–Trinajstić information content (AvgIpc) is 3.25. The highest BCUT2D eigenvalue weighted by atomic mass is 16.2. The van der Waals surface area contributed by atoms with Crippen molar-refractivity contribution in [3.05, 3.63) is 41.6 Å². The minimum atomic E-state index is -0.113. The Bertz CT molecular complexity index is 942. The maximum atomic E-state index is 12.7. The first-order valence-corrected chi connectivity index (χ1v) is 8.42. The molecule has 3 aromatic heterocycles. The van der Waals surface area contributed by atoms with Gasteiger partial charge in [-0.25, -0.2) is 14.3 Å². The Morgan fingerprint density at radius 3 is 2.88 bits per heavy atom. The van der Waals surface area contributed by atoms with Crippen molar-refractivity contribution in [2.24, 2.45) is 0 Å². The zero-order valence-corrected chi connectivity index (χ0v) is 14.6. The lowest BCUT2D eigenvalue weighted by Gasteiger charge is -2.18. The van der Waals surface area contributed by atoms with Crippen LogP contribution < -0.4 is 5.32 Å². The van der Waals surface area contributed by atoms with Crippen LogP contribution in [0.2, 0.25) is 0 Å². The number of anilines is 1. The Morgan fingerprint density at radius 2 is 2.12 bits per heavy atom. The zero-order valence-electron chi connectivity index (χ0n) is 14.6. The summed E-state index contributed by atoms with van der Waals surface area (Å²) in [7, 11) is 0. The summed E-state index contributed by atoms with van der Waals surface area (Å²) in [5.41, 5.74) is 3.47. The van der Waals surface area contributed by atoms with Gasteiger partial charge in [0.2, 0.25) is 0 Å². The first-order valence-electron chi connectivity index (χ1n) is 8.42. The van der Waals surface area contributed by atoms with E-state index < -0.39 is 0 Å². The van der Waals surface area contributed by atoms with Crippen LogP contribution in [0, 0.1) is 20.8 Å². The molecule has 1 unspecified atom stereocenters. The van der Waals surface area contributed by atoms with Crippen LogP contribution in [-0.2, 0) is 0 Å². The molecule has 4 rings (SSSR count). The van der Waals surface area contributed by atoms with Gasteiger partial charge in [-0.05, 0) is 45.4 Å². The Morgan fingerprint density at radius 1 is 1.28 bits per heavy atom. The average molecular weight is 339 g/mol. The lowest BCUT2D eigenvalue weighted by Crippen LogP contribution is -2.33. The second-order valence-corrected chi connectivity index (χ2v) is 6.54. The molecule has 1 saturated heterocycles. The van der Waals surface area contributed by atoms with E-state index in [0.717, 1.165) is 17.8 Å². The van der Waals surface area contributed by atoms with Crippen molar-refractivity contribution in [1.82, 2.24) is 29.3 Å². The Hall–Kier alpha value is -2.90. The highest BCUT2D eigenvalue weighted by Gasteiger charge is 2.29. The molecule has 1 N–H and O–H groups in total. The van der Waals surface area contributed by atoms with Crippen LogP contribution in [0.4, 0.5) is 10.5 Å². The van der Waals surface area contributed by atoms with E-state index in [-0.39, 0.29) is 12.1 Å². The lowest BCUT2D eigenvalue weighted by molar-refractivity contribution is 0.220. The summed E-state index contributed by atoms with van der Waals surface area (Å²) >= 11 is 0. The summed E-state index contributed by atoms with van der Waals surface area (Å²) in [6.45, 7) is 7.24. The van der Waals surface area contributed by atoms with Crippen molar-refractivity contribution >= 4 is 17.4 Å². The number of amides is 2. The molecule has 0 aliphatic carbocycles. The number of nitrogens with zero attached hydrogens (tertiary/aromatic N) is 6. The van der Waals surface area contributed by atoms with Crippen LogP contribution in [0.1, 0.15) is 29.7 Å². The number of nitrogens with one attached hydrogen (secondary N) is 1. The number of aryl methyl sites for hydroxylation is 3. The first-order chi connectivity index (χ1) is 12.0. The Balaban J connectivity index is 1.49. The van der Waals surface area contributed by atoms with Crippen LogP contribution in [0.15, 0.2) is 24.4 Å². The van der Waals surface area contributed by atoms with Gasteiger partial charge in [0.05, 0.1) is 17.4 Å². The highest BCUT2D eigenvalue weighted by molar-refractivity contribution is 5.93. The van der Waals surface area contributed by atoms with E-state index in [2.05, 4.69) is 33.5 Å².